The number of H-pyrrole nitrogens is 1. The largest absolute Gasteiger partial charge is 0.386 e. The van der Waals surface area contributed by atoms with Gasteiger partial charge < -0.3 is 20.5 Å². The van der Waals surface area contributed by atoms with Gasteiger partial charge in [-0.3, -0.25) is 0 Å². The summed E-state index contributed by atoms with van der Waals surface area (Å²) in [5.74, 6) is 0.903. The molecule has 0 fully saturated rings. The zero-order valence-corrected chi connectivity index (χ0v) is 27.0. The highest BCUT2D eigenvalue weighted by Gasteiger charge is 2.07. The number of fused-ring (bicyclic) bond motifs is 1. The Morgan fingerprint density at radius 3 is 2.28 bits per heavy atom. The number of terminal acetylenes is 1. The second-order valence-corrected chi connectivity index (χ2v) is 10.9. The molecule has 0 aliphatic carbocycles. The Labute approximate surface area is 260 Å². The molecule has 228 valence electrons. The first kappa shape index (κ1) is 34.9. The number of aromatic nitrogens is 2. The van der Waals surface area contributed by atoms with Crippen LogP contribution in [0.15, 0.2) is 85.6 Å². The molecule has 3 aromatic carbocycles. The molecular formula is C38H51N5. The molecule has 0 aliphatic rings. The lowest BCUT2D eigenvalue weighted by Crippen LogP contribution is -2.19. The van der Waals surface area contributed by atoms with Crippen LogP contribution in [0, 0.1) is 26.7 Å². The number of anilines is 1. The maximum absolute atomic E-state index is 4.80. The Hall–Kier alpha value is -4.27. The Morgan fingerprint density at radius 1 is 0.953 bits per heavy atom. The molecule has 5 nitrogen and oxygen atoms in total. The monoisotopic (exact) mass is 577 g/mol. The van der Waals surface area contributed by atoms with Crippen LogP contribution in [0.2, 0.25) is 0 Å². The summed E-state index contributed by atoms with van der Waals surface area (Å²) in [6, 6.07) is 21.6. The quantitative estimate of drug-likeness (QED) is 0.0797. The van der Waals surface area contributed by atoms with E-state index >= 15 is 0 Å². The standard InChI is InChI=1S/C29H32N4.C7H17N.C2H2/c1-5-22(4)30-16-6-7-23-10-13-25(14-11-23)29-32-26-15-12-24(18-28(26)33-29)19-31-27-17-20(2)8-9-21(27)3;1-4-6-8(3)7-5-2;1-2/h5,8-15,17-18,30-31H,1,4,6-7,16,19H2,2-3H3,(H,32,33);4-7H2,1-3H3;1-2H. The van der Waals surface area contributed by atoms with Gasteiger partial charge in [0.15, 0.2) is 0 Å². The highest BCUT2D eigenvalue weighted by atomic mass is 15.1. The fourth-order valence-electron chi connectivity index (χ4n) is 4.75. The van der Waals surface area contributed by atoms with Crippen molar-refractivity contribution in [2.75, 3.05) is 32.0 Å². The normalized spacial score (nSPS) is 10.3. The number of aryl methyl sites for hydroxylation is 3. The van der Waals surface area contributed by atoms with Gasteiger partial charge in [-0.05, 0) is 106 Å². The van der Waals surface area contributed by atoms with E-state index in [0.717, 1.165) is 54.0 Å². The molecule has 0 spiro atoms. The smallest absolute Gasteiger partial charge is 0.138 e. The lowest BCUT2D eigenvalue weighted by Gasteiger charge is -2.12. The summed E-state index contributed by atoms with van der Waals surface area (Å²) in [5.41, 5.74) is 10.3. The highest BCUT2D eigenvalue weighted by Crippen LogP contribution is 2.23. The predicted octanol–water partition coefficient (Wildman–Crippen LogP) is 8.67. The maximum atomic E-state index is 4.80. The molecule has 1 heterocycles. The maximum Gasteiger partial charge on any atom is 0.138 e. The second kappa shape index (κ2) is 19.0. The zero-order chi connectivity index (χ0) is 31.6. The van der Waals surface area contributed by atoms with E-state index in [2.05, 4.69) is 142 Å². The van der Waals surface area contributed by atoms with Crippen molar-refractivity contribution in [1.82, 2.24) is 20.2 Å². The minimum Gasteiger partial charge on any atom is -0.386 e. The van der Waals surface area contributed by atoms with Crippen LogP contribution < -0.4 is 10.6 Å². The van der Waals surface area contributed by atoms with Gasteiger partial charge in [-0.2, -0.15) is 0 Å². The van der Waals surface area contributed by atoms with Crippen molar-refractivity contribution in [2.24, 2.45) is 0 Å². The number of imidazole rings is 1. The SMILES string of the molecule is C#C.C=CC(=C)NCCCc1ccc(-c2nc3ccc(CNc4cc(C)ccc4C)cc3[nH]2)cc1.CCCN(C)CCC. The van der Waals surface area contributed by atoms with Gasteiger partial charge in [-0.15, -0.1) is 12.8 Å². The number of allylic oxidation sites excluding steroid dienone is 1. The van der Waals surface area contributed by atoms with Crippen LogP contribution in [0.5, 0.6) is 0 Å². The molecule has 0 saturated heterocycles. The van der Waals surface area contributed by atoms with Crippen LogP contribution in [0.25, 0.3) is 22.4 Å². The van der Waals surface area contributed by atoms with Crippen molar-refractivity contribution in [3.63, 3.8) is 0 Å². The summed E-state index contributed by atoms with van der Waals surface area (Å²) in [4.78, 5) is 10.7. The average Bonchev–Trinajstić information content (AvgIpc) is 3.45. The molecular weight excluding hydrogens is 526 g/mol. The molecule has 0 atom stereocenters. The molecule has 4 rings (SSSR count). The number of hydrogen-bond donors (Lipinski definition) is 3. The Bertz CT molecular complexity index is 1420. The second-order valence-electron chi connectivity index (χ2n) is 10.9. The van der Waals surface area contributed by atoms with Gasteiger partial charge in [-0.25, -0.2) is 4.98 Å². The van der Waals surface area contributed by atoms with Crippen molar-refractivity contribution >= 4 is 16.7 Å². The van der Waals surface area contributed by atoms with E-state index in [4.69, 9.17) is 4.98 Å². The van der Waals surface area contributed by atoms with E-state index < -0.39 is 0 Å². The van der Waals surface area contributed by atoms with E-state index in [-0.39, 0.29) is 0 Å². The fraction of sp³-hybridized carbons (Fsp3) is 0.342. The first-order valence-corrected chi connectivity index (χ1v) is 15.3. The van der Waals surface area contributed by atoms with E-state index in [1.54, 1.807) is 6.08 Å². The zero-order valence-electron chi connectivity index (χ0n) is 27.0. The summed E-state index contributed by atoms with van der Waals surface area (Å²) in [6.07, 6.45) is 14.4. The van der Waals surface area contributed by atoms with Gasteiger partial charge in [0, 0.05) is 30.0 Å². The first-order valence-electron chi connectivity index (χ1n) is 15.3. The summed E-state index contributed by atoms with van der Waals surface area (Å²) in [7, 11) is 2.17. The number of aromatic amines is 1. The van der Waals surface area contributed by atoms with Crippen molar-refractivity contribution < 1.29 is 0 Å². The molecule has 0 radical (unpaired) electrons. The van der Waals surface area contributed by atoms with Gasteiger partial charge in [0.05, 0.1) is 11.0 Å². The number of rotatable bonds is 14. The molecule has 0 bridgehead atoms. The van der Waals surface area contributed by atoms with E-state index in [1.807, 2.05) is 0 Å². The van der Waals surface area contributed by atoms with E-state index in [0.29, 0.717) is 0 Å². The van der Waals surface area contributed by atoms with Crippen LogP contribution >= 0.6 is 0 Å². The molecule has 0 amide bonds. The minimum absolute atomic E-state index is 0.776. The minimum atomic E-state index is 0.776. The van der Waals surface area contributed by atoms with Crippen LogP contribution in [0.1, 0.15) is 55.4 Å². The summed E-state index contributed by atoms with van der Waals surface area (Å²) in [6.45, 7) is 20.4. The lowest BCUT2D eigenvalue weighted by molar-refractivity contribution is 0.335. The Morgan fingerprint density at radius 2 is 1.63 bits per heavy atom. The van der Waals surface area contributed by atoms with Crippen molar-refractivity contribution in [3.8, 4) is 24.2 Å². The summed E-state index contributed by atoms with van der Waals surface area (Å²) < 4.78 is 0. The number of nitrogens with zero attached hydrogens (tertiary/aromatic N) is 2. The molecule has 0 unspecified atom stereocenters. The third-order valence-electron chi connectivity index (χ3n) is 7.10. The van der Waals surface area contributed by atoms with E-state index in [1.165, 1.54) is 53.9 Å². The number of hydrogen-bond acceptors (Lipinski definition) is 4. The Balaban J connectivity index is 0.000000561. The van der Waals surface area contributed by atoms with Crippen LogP contribution in [0.3, 0.4) is 0 Å². The Kier molecular flexibility index (Phi) is 15.5. The predicted molar refractivity (Wildman–Crippen MR) is 188 cm³/mol. The van der Waals surface area contributed by atoms with Gasteiger partial charge in [0.25, 0.3) is 0 Å². The molecule has 0 aliphatic heterocycles. The summed E-state index contributed by atoms with van der Waals surface area (Å²) >= 11 is 0. The molecule has 43 heavy (non-hydrogen) atoms. The molecule has 0 saturated carbocycles. The summed E-state index contributed by atoms with van der Waals surface area (Å²) in [5, 5.41) is 6.81. The van der Waals surface area contributed by atoms with E-state index in [9.17, 15) is 0 Å². The van der Waals surface area contributed by atoms with Crippen molar-refractivity contribution in [3.05, 3.63) is 108 Å². The third-order valence-corrected chi connectivity index (χ3v) is 7.10. The van der Waals surface area contributed by atoms with Crippen molar-refractivity contribution in [1.29, 1.82) is 0 Å². The number of nitrogens with one attached hydrogen (secondary N) is 3. The molecule has 3 N–H and O–H groups in total. The highest BCUT2D eigenvalue weighted by molar-refractivity contribution is 5.80. The molecule has 4 aromatic rings. The van der Waals surface area contributed by atoms with Crippen LogP contribution in [-0.4, -0.2) is 41.5 Å². The average molecular weight is 578 g/mol. The molecule has 5 heteroatoms. The topological polar surface area (TPSA) is 56.0 Å². The van der Waals surface area contributed by atoms with Crippen LogP contribution in [0.4, 0.5) is 5.69 Å². The third kappa shape index (κ3) is 11.9. The molecule has 1 aromatic heterocycles. The van der Waals surface area contributed by atoms with Crippen molar-refractivity contribution in [2.45, 2.75) is 59.9 Å². The van der Waals surface area contributed by atoms with Crippen LogP contribution in [-0.2, 0) is 13.0 Å². The first-order chi connectivity index (χ1) is 20.8. The fourth-order valence-corrected chi connectivity index (χ4v) is 4.75. The lowest BCUT2D eigenvalue weighted by atomic mass is 10.1. The van der Waals surface area contributed by atoms with Gasteiger partial charge >= 0.3 is 0 Å². The van der Waals surface area contributed by atoms with Gasteiger partial charge in [-0.1, -0.05) is 69.5 Å². The van der Waals surface area contributed by atoms with Gasteiger partial charge in [0.2, 0.25) is 0 Å². The van der Waals surface area contributed by atoms with Gasteiger partial charge in [0.1, 0.15) is 5.82 Å². The number of benzene rings is 3.